The first-order chi connectivity index (χ1) is 8.11. The van der Waals surface area contributed by atoms with Crippen LogP contribution in [-0.4, -0.2) is 29.3 Å². The van der Waals surface area contributed by atoms with Crippen LogP contribution in [0.25, 0.3) is 0 Å². The number of nitrogens with zero attached hydrogens (tertiary/aromatic N) is 1. The predicted octanol–water partition coefficient (Wildman–Crippen LogP) is 3.27. The van der Waals surface area contributed by atoms with Crippen molar-refractivity contribution >= 4 is 17.5 Å². The van der Waals surface area contributed by atoms with Crippen LogP contribution < -0.4 is 0 Å². The van der Waals surface area contributed by atoms with E-state index in [0.29, 0.717) is 13.1 Å². The van der Waals surface area contributed by atoms with Crippen molar-refractivity contribution in [3.8, 4) is 0 Å². The van der Waals surface area contributed by atoms with Crippen LogP contribution >= 0.6 is 11.6 Å². The Morgan fingerprint density at radius 1 is 1.24 bits per heavy atom. The number of hydrogen-bond acceptors (Lipinski definition) is 1. The smallest absolute Gasteiger partial charge is 0.241 e. The second-order valence-electron chi connectivity index (χ2n) is 4.11. The van der Waals surface area contributed by atoms with Crippen molar-refractivity contribution in [1.82, 2.24) is 4.90 Å². The van der Waals surface area contributed by atoms with E-state index in [-0.39, 0.29) is 11.8 Å². The molecule has 1 aromatic carbocycles. The number of carbonyl (C=O) groups is 1. The van der Waals surface area contributed by atoms with Gasteiger partial charge in [0.15, 0.2) is 0 Å². The molecule has 0 heterocycles. The van der Waals surface area contributed by atoms with Crippen molar-refractivity contribution < 1.29 is 4.79 Å². The van der Waals surface area contributed by atoms with Crippen molar-refractivity contribution in [2.75, 3.05) is 13.1 Å². The molecule has 0 aliphatic carbocycles. The highest BCUT2D eigenvalue weighted by atomic mass is 35.5. The molecule has 1 aromatic rings. The normalized spacial score (nSPS) is 14.1. The minimum atomic E-state index is -0.489. The first-order valence-electron chi connectivity index (χ1n) is 6.09. The summed E-state index contributed by atoms with van der Waals surface area (Å²) in [5.41, 5.74) is 1.10. The lowest BCUT2D eigenvalue weighted by Crippen LogP contribution is -2.38. The fourth-order valence-corrected chi connectivity index (χ4v) is 2.13. The highest BCUT2D eigenvalue weighted by molar-refractivity contribution is 6.31. The molecule has 0 aromatic heterocycles. The van der Waals surface area contributed by atoms with E-state index >= 15 is 0 Å². The van der Waals surface area contributed by atoms with Gasteiger partial charge in [0, 0.05) is 19.0 Å². The maximum atomic E-state index is 12.1. The summed E-state index contributed by atoms with van der Waals surface area (Å²) in [5, 5.41) is -0.489. The van der Waals surface area contributed by atoms with Gasteiger partial charge in [0.05, 0.1) is 0 Å². The minimum absolute atomic E-state index is 0.0213. The molecule has 1 amide bonds. The van der Waals surface area contributed by atoms with Gasteiger partial charge in [-0.2, -0.15) is 0 Å². The molecule has 2 unspecified atom stereocenters. The number of amides is 1. The van der Waals surface area contributed by atoms with Crippen LogP contribution in [0.5, 0.6) is 0 Å². The van der Waals surface area contributed by atoms with Gasteiger partial charge < -0.3 is 4.90 Å². The van der Waals surface area contributed by atoms with E-state index in [2.05, 4.69) is 0 Å². The van der Waals surface area contributed by atoms with Crippen LogP contribution in [0.1, 0.15) is 32.3 Å². The molecule has 0 bridgehead atoms. The van der Waals surface area contributed by atoms with Crippen LogP contribution in [0.4, 0.5) is 0 Å². The third kappa shape index (κ3) is 3.47. The number of hydrogen-bond donors (Lipinski definition) is 0. The van der Waals surface area contributed by atoms with Crippen molar-refractivity contribution in [2.24, 2.45) is 0 Å². The molecular weight excluding hydrogens is 234 g/mol. The molecule has 0 radical (unpaired) electrons. The number of rotatable bonds is 5. The summed E-state index contributed by atoms with van der Waals surface area (Å²) in [6, 6.07) is 9.92. The fourth-order valence-electron chi connectivity index (χ4n) is 1.85. The highest BCUT2D eigenvalue weighted by Crippen LogP contribution is 2.24. The predicted molar refractivity (Wildman–Crippen MR) is 72.4 cm³/mol. The van der Waals surface area contributed by atoms with Gasteiger partial charge >= 0.3 is 0 Å². The Hall–Kier alpha value is -1.02. The zero-order chi connectivity index (χ0) is 12.8. The van der Waals surface area contributed by atoms with Crippen LogP contribution in [-0.2, 0) is 4.79 Å². The molecule has 2 nitrogen and oxygen atoms in total. The Morgan fingerprint density at radius 3 is 2.24 bits per heavy atom. The topological polar surface area (TPSA) is 20.3 Å². The molecule has 0 aliphatic heterocycles. The molecule has 3 heteroatoms. The number of alkyl halides is 1. The average Bonchev–Trinajstić information content (AvgIpc) is 2.39. The lowest BCUT2D eigenvalue weighted by atomic mass is 9.97. The minimum Gasteiger partial charge on any atom is -0.342 e. The number of carbonyl (C=O) groups excluding carboxylic acids is 1. The van der Waals surface area contributed by atoms with Gasteiger partial charge in [-0.15, -0.1) is 11.6 Å². The van der Waals surface area contributed by atoms with E-state index in [1.54, 1.807) is 4.90 Å². The lowest BCUT2D eigenvalue weighted by molar-refractivity contribution is -0.130. The third-order valence-electron chi connectivity index (χ3n) is 3.08. The van der Waals surface area contributed by atoms with Gasteiger partial charge in [-0.3, -0.25) is 4.79 Å². The first kappa shape index (κ1) is 14.0. The van der Waals surface area contributed by atoms with Gasteiger partial charge in [-0.1, -0.05) is 37.3 Å². The molecule has 0 fully saturated rings. The zero-order valence-corrected chi connectivity index (χ0v) is 11.4. The monoisotopic (exact) mass is 253 g/mol. The lowest BCUT2D eigenvalue weighted by Gasteiger charge is -2.25. The van der Waals surface area contributed by atoms with Crippen molar-refractivity contribution in [2.45, 2.75) is 32.1 Å². The van der Waals surface area contributed by atoms with Gasteiger partial charge in [0.1, 0.15) is 5.38 Å². The summed E-state index contributed by atoms with van der Waals surface area (Å²) >= 11 is 6.28. The van der Waals surface area contributed by atoms with E-state index in [9.17, 15) is 4.79 Å². The van der Waals surface area contributed by atoms with Crippen LogP contribution in [0.15, 0.2) is 30.3 Å². The molecular formula is C14H20ClNO. The zero-order valence-electron chi connectivity index (χ0n) is 10.7. The van der Waals surface area contributed by atoms with Crippen molar-refractivity contribution in [1.29, 1.82) is 0 Å². The van der Waals surface area contributed by atoms with Gasteiger partial charge in [-0.25, -0.2) is 0 Å². The fraction of sp³-hybridized carbons (Fsp3) is 0.500. The van der Waals surface area contributed by atoms with Gasteiger partial charge in [0.2, 0.25) is 5.91 Å². The SMILES string of the molecule is CCN(CC)C(=O)C(Cl)C(C)c1ccccc1. The van der Waals surface area contributed by atoms with E-state index in [4.69, 9.17) is 11.6 Å². The van der Waals surface area contributed by atoms with Gasteiger partial charge in [-0.05, 0) is 19.4 Å². The Morgan fingerprint density at radius 2 is 1.76 bits per heavy atom. The van der Waals surface area contributed by atoms with E-state index in [1.165, 1.54) is 0 Å². The Bertz CT molecular complexity index is 348. The largest absolute Gasteiger partial charge is 0.342 e. The molecule has 1 rings (SSSR count). The van der Waals surface area contributed by atoms with E-state index < -0.39 is 5.38 Å². The maximum absolute atomic E-state index is 12.1. The van der Waals surface area contributed by atoms with Crippen molar-refractivity contribution in [3.05, 3.63) is 35.9 Å². The molecule has 0 N–H and O–H groups in total. The van der Waals surface area contributed by atoms with Crippen LogP contribution in [0.2, 0.25) is 0 Å². The second-order valence-corrected chi connectivity index (χ2v) is 4.58. The molecule has 94 valence electrons. The molecule has 0 saturated heterocycles. The molecule has 0 saturated carbocycles. The van der Waals surface area contributed by atoms with Crippen LogP contribution in [0, 0.1) is 0 Å². The summed E-state index contributed by atoms with van der Waals surface area (Å²) < 4.78 is 0. The quantitative estimate of drug-likeness (QED) is 0.738. The van der Waals surface area contributed by atoms with Crippen LogP contribution in [0.3, 0.4) is 0 Å². The summed E-state index contributed by atoms with van der Waals surface area (Å²) in [5.74, 6) is 0.0546. The second kappa shape index (κ2) is 6.65. The van der Waals surface area contributed by atoms with Gasteiger partial charge in [0.25, 0.3) is 0 Å². The Balaban J connectivity index is 2.76. The molecule has 17 heavy (non-hydrogen) atoms. The standard InChI is InChI=1S/C14H20ClNO/c1-4-16(5-2)14(17)13(15)11(3)12-9-7-6-8-10-12/h6-11,13H,4-5H2,1-3H3. The summed E-state index contributed by atoms with van der Waals surface area (Å²) in [6.45, 7) is 7.35. The Labute approximate surface area is 109 Å². The average molecular weight is 254 g/mol. The third-order valence-corrected chi connectivity index (χ3v) is 3.64. The van der Waals surface area contributed by atoms with Crippen molar-refractivity contribution in [3.63, 3.8) is 0 Å². The molecule has 0 spiro atoms. The highest BCUT2D eigenvalue weighted by Gasteiger charge is 2.26. The Kier molecular flexibility index (Phi) is 5.49. The summed E-state index contributed by atoms with van der Waals surface area (Å²) in [6.07, 6.45) is 0. The van der Waals surface area contributed by atoms with E-state index in [0.717, 1.165) is 5.56 Å². The molecule has 2 atom stereocenters. The van der Waals surface area contributed by atoms with E-state index in [1.807, 2.05) is 51.1 Å². The molecule has 0 aliphatic rings. The number of benzene rings is 1. The number of halogens is 1. The summed E-state index contributed by atoms with van der Waals surface area (Å²) in [7, 11) is 0. The first-order valence-corrected chi connectivity index (χ1v) is 6.53. The summed E-state index contributed by atoms with van der Waals surface area (Å²) in [4.78, 5) is 13.9. The maximum Gasteiger partial charge on any atom is 0.241 e.